The summed E-state index contributed by atoms with van der Waals surface area (Å²) in [4.78, 5) is 11.6. The van der Waals surface area contributed by atoms with Crippen molar-refractivity contribution in [2.75, 3.05) is 0 Å². The molecule has 0 heterocycles. The van der Waals surface area contributed by atoms with Crippen LogP contribution in [0.25, 0.3) is 12.2 Å². The molecule has 0 bridgehead atoms. The third-order valence-corrected chi connectivity index (χ3v) is 3.99. The lowest BCUT2D eigenvalue weighted by Gasteiger charge is -2.01. The van der Waals surface area contributed by atoms with E-state index in [0.717, 1.165) is 42.5 Å². The van der Waals surface area contributed by atoms with Crippen molar-refractivity contribution in [1.29, 1.82) is 0 Å². The van der Waals surface area contributed by atoms with Gasteiger partial charge in [-0.2, -0.15) is 0 Å². The Bertz CT molecular complexity index is 1000. The van der Waals surface area contributed by atoms with Crippen LogP contribution in [0.2, 0.25) is 0 Å². The van der Waals surface area contributed by atoms with Gasteiger partial charge in [-0.3, -0.25) is 4.79 Å². The zero-order valence-electron chi connectivity index (χ0n) is 12.9. The van der Waals surface area contributed by atoms with Crippen LogP contribution in [0.4, 0.5) is 17.6 Å². The van der Waals surface area contributed by atoms with Crippen molar-refractivity contribution in [3.05, 3.63) is 82.3 Å². The molecule has 0 radical (unpaired) electrons. The minimum atomic E-state index is -4.27. The van der Waals surface area contributed by atoms with Crippen LogP contribution in [-0.4, -0.2) is 14.3 Å². The SMILES string of the molecule is O=C(/C=C\c1ccc(F)cc1F)NS(=O)(=O)/C=C/c1ccc(F)cc1F. The van der Waals surface area contributed by atoms with E-state index in [-0.39, 0.29) is 11.1 Å². The summed E-state index contributed by atoms with van der Waals surface area (Å²) in [6.45, 7) is 0. The molecular formula is C17H11F4NO3S. The highest BCUT2D eigenvalue weighted by Gasteiger charge is 2.10. The second-order valence-electron chi connectivity index (χ2n) is 4.98. The molecule has 0 aliphatic heterocycles. The number of hydrogen-bond donors (Lipinski definition) is 1. The molecule has 136 valence electrons. The highest BCUT2D eigenvalue weighted by atomic mass is 32.2. The molecule has 0 spiro atoms. The standard InChI is InChI=1S/C17H11F4NO3S/c18-13-4-1-11(15(20)9-13)3-6-17(23)22-26(24,25)8-7-12-2-5-14(19)10-16(12)21/h1-10H,(H,22,23)/b6-3-,8-7+. The first-order chi connectivity index (χ1) is 12.2. The van der Waals surface area contributed by atoms with Gasteiger partial charge in [-0.15, -0.1) is 0 Å². The first-order valence-electron chi connectivity index (χ1n) is 6.99. The number of carbonyl (C=O) groups is 1. The second-order valence-corrected chi connectivity index (χ2v) is 6.55. The first-order valence-corrected chi connectivity index (χ1v) is 8.54. The molecule has 0 saturated heterocycles. The van der Waals surface area contributed by atoms with Gasteiger partial charge in [0.05, 0.1) is 5.41 Å². The van der Waals surface area contributed by atoms with Gasteiger partial charge in [0, 0.05) is 29.3 Å². The molecule has 0 aliphatic rings. The summed E-state index contributed by atoms with van der Waals surface area (Å²) >= 11 is 0. The molecule has 2 aromatic carbocycles. The quantitative estimate of drug-likeness (QED) is 0.634. The summed E-state index contributed by atoms with van der Waals surface area (Å²) in [7, 11) is -4.27. The minimum absolute atomic E-state index is 0.122. The number of rotatable bonds is 5. The van der Waals surface area contributed by atoms with E-state index in [2.05, 4.69) is 0 Å². The minimum Gasteiger partial charge on any atom is -0.269 e. The molecule has 0 aromatic heterocycles. The molecule has 0 aliphatic carbocycles. The van der Waals surface area contributed by atoms with Gasteiger partial charge in [-0.05, 0) is 36.4 Å². The van der Waals surface area contributed by atoms with Crippen LogP contribution in [0.3, 0.4) is 0 Å². The normalized spacial score (nSPS) is 12.0. The zero-order valence-corrected chi connectivity index (χ0v) is 13.7. The summed E-state index contributed by atoms with van der Waals surface area (Å²) in [5.74, 6) is -4.63. The number of hydrogen-bond acceptors (Lipinski definition) is 3. The van der Waals surface area contributed by atoms with Crippen molar-refractivity contribution < 1.29 is 30.8 Å². The maximum atomic E-state index is 13.4. The van der Waals surface area contributed by atoms with Crippen LogP contribution in [0, 0.1) is 23.3 Å². The number of benzene rings is 2. The average molecular weight is 385 g/mol. The number of carbonyl (C=O) groups excluding carboxylic acids is 1. The smallest absolute Gasteiger partial charge is 0.257 e. The number of halogens is 4. The van der Waals surface area contributed by atoms with E-state index in [1.165, 1.54) is 0 Å². The van der Waals surface area contributed by atoms with E-state index in [0.29, 0.717) is 17.5 Å². The van der Waals surface area contributed by atoms with E-state index in [4.69, 9.17) is 0 Å². The summed E-state index contributed by atoms with van der Waals surface area (Å²) in [6.07, 6.45) is 2.54. The van der Waals surface area contributed by atoms with E-state index in [9.17, 15) is 30.8 Å². The van der Waals surface area contributed by atoms with Gasteiger partial charge in [0.2, 0.25) is 0 Å². The topological polar surface area (TPSA) is 63.2 Å². The van der Waals surface area contributed by atoms with Gasteiger partial charge < -0.3 is 0 Å². The van der Waals surface area contributed by atoms with Crippen LogP contribution in [0.15, 0.2) is 47.9 Å². The lowest BCUT2D eigenvalue weighted by molar-refractivity contribution is -0.114. The summed E-state index contributed by atoms with van der Waals surface area (Å²) in [5.41, 5.74) is -0.323. The predicted molar refractivity (Wildman–Crippen MR) is 87.8 cm³/mol. The maximum absolute atomic E-state index is 13.4. The Hall–Kier alpha value is -2.94. The van der Waals surface area contributed by atoms with E-state index >= 15 is 0 Å². The molecule has 2 aromatic rings. The lowest BCUT2D eigenvalue weighted by atomic mass is 10.2. The molecule has 0 atom stereocenters. The number of amides is 1. The second kappa shape index (κ2) is 7.96. The molecule has 26 heavy (non-hydrogen) atoms. The fraction of sp³-hybridized carbons (Fsp3) is 0. The van der Waals surface area contributed by atoms with Crippen molar-refractivity contribution in [2.24, 2.45) is 0 Å². The monoisotopic (exact) mass is 385 g/mol. The van der Waals surface area contributed by atoms with Crippen LogP contribution in [-0.2, 0) is 14.8 Å². The average Bonchev–Trinajstić information content (AvgIpc) is 2.52. The summed E-state index contributed by atoms with van der Waals surface area (Å²) in [6, 6.07) is 5.18. The fourth-order valence-electron chi connectivity index (χ4n) is 1.81. The zero-order chi connectivity index (χ0) is 19.3. The number of nitrogens with one attached hydrogen (secondary N) is 1. The van der Waals surface area contributed by atoms with Gasteiger partial charge in [0.1, 0.15) is 23.3 Å². The van der Waals surface area contributed by atoms with E-state index in [1.54, 1.807) is 4.72 Å². The van der Waals surface area contributed by atoms with Crippen LogP contribution >= 0.6 is 0 Å². The van der Waals surface area contributed by atoms with Crippen molar-refractivity contribution in [3.8, 4) is 0 Å². The van der Waals surface area contributed by atoms with Gasteiger partial charge >= 0.3 is 0 Å². The molecular weight excluding hydrogens is 374 g/mol. The van der Waals surface area contributed by atoms with Crippen LogP contribution in [0.5, 0.6) is 0 Å². The third-order valence-electron chi connectivity index (χ3n) is 3.01. The van der Waals surface area contributed by atoms with Crippen LogP contribution in [0.1, 0.15) is 11.1 Å². The Morgan fingerprint density at radius 3 is 1.85 bits per heavy atom. The van der Waals surface area contributed by atoms with Crippen LogP contribution < -0.4 is 4.72 Å². The Morgan fingerprint density at radius 2 is 1.35 bits per heavy atom. The summed E-state index contributed by atoms with van der Waals surface area (Å²) < 4.78 is 77.5. The predicted octanol–water partition coefficient (Wildman–Crippen LogP) is 3.37. The van der Waals surface area contributed by atoms with Crippen molar-refractivity contribution in [3.63, 3.8) is 0 Å². The van der Waals surface area contributed by atoms with Crippen molar-refractivity contribution >= 4 is 28.1 Å². The molecule has 0 fully saturated rings. The van der Waals surface area contributed by atoms with Gasteiger partial charge in [0.25, 0.3) is 15.9 Å². The Balaban J connectivity index is 2.07. The molecule has 0 saturated carbocycles. The molecule has 0 unspecified atom stereocenters. The third kappa shape index (κ3) is 5.55. The van der Waals surface area contributed by atoms with Gasteiger partial charge in [0.15, 0.2) is 0 Å². The summed E-state index contributed by atoms with van der Waals surface area (Å²) in [5, 5.41) is 0.521. The van der Waals surface area contributed by atoms with Crippen molar-refractivity contribution in [2.45, 2.75) is 0 Å². The fourth-order valence-corrected chi connectivity index (χ4v) is 2.55. The Morgan fingerprint density at radius 1 is 0.846 bits per heavy atom. The van der Waals surface area contributed by atoms with E-state index in [1.807, 2.05) is 0 Å². The molecule has 2 rings (SSSR count). The molecule has 1 N–H and O–H groups in total. The molecule has 9 heteroatoms. The van der Waals surface area contributed by atoms with Gasteiger partial charge in [-0.1, -0.05) is 0 Å². The van der Waals surface area contributed by atoms with Gasteiger partial charge in [-0.25, -0.2) is 30.7 Å². The maximum Gasteiger partial charge on any atom is 0.257 e. The number of sulfonamides is 1. The largest absolute Gasteiger partial charge is 0.269 e. The highest BCUT2D eigenvalue weighted by Crippen LogP contribution is 2.12. The molecule has 1 amide bonds. The van der Waals surface area contributed by atoms with E-state index < -0.39 is 39.2 Å². The Kier molecular flexibility index (Phi) is 5.93. The Labute approximate surface area is 146 Å². The first kappa shape index (κ1) is 19.4. The lowest BCUT2D eigenvalue weighted by Crippen LogP contribution is -2.26. The molecule has 4 nitrogen and oxygen atoms in total. The highest BCUT2D eigenvalue weighted by molar-refractivity contribution is 7.93. The van der Waals surface area contributed by atoms with Crippen molar-refractivity contribution in [1.82, 2.24) is 4.72 Å².